The van der Waals surface area contributed by atoms with E-state index in [9.17, 15) is 4.79 Å². The van der Waals surface area contributed by atoms with Crippen molar-refractivity contribution in [3.63, 3.8) is 0 Å². The number of aliphatic imine (C=N–C) groups is 1. The highest BCUT2D eigenvalue weighted by atomic mass is 32.1. The van der Waals surface area contributed by atoms with Gasteiger partial charge < -0.3 is 24.8 Å². The van der Waals surface area contributed by atoms with Crippen LogP contribution in [0.4, 0.5) is 5.13 Å². The highest BCUT2D eigenvalue weighted by Gasteiger charge is 2.24. The highest BCUT2D eigenvalue weighted by Crippen LogP contribution is 2.24. The number of nitrogens with zero attached hydrogens (tertiary/aromatic N) is 6. The van der Waals surface area contributed by atoms with Crippen molar-refractivity contribution in [2.24, 2.45) is 4.99 Å². The van der Waals surface area contributed by atoms with E-state index in [0.717, 1.165) is 63.9 Å². The van der Waals surface area contributed by atoms with E-state index in [1.54, 1.807) is 11.3 Å². The van der Waals surface area contributed by atoms with Gasteiger partial charge in [0.25, 0.3) is 0 Å². The number of nitrogens with one attached hydrogen (secondary N) is 1. The molecule has 3 fully saturated rings. The number of hydrogen-bond acceptors (Lipinski definition) is 7. The second kappa shape index (κ2) is 11.1. The lowest BCUT2D eigenvalue weighted by atomic mass is 10.3. The van der Waals surface area contributed by atoms with Gasteiger partial charge in [-0.3, -0.25) is 14.7 Å². The lowest BCUT2D eigenvalue weighted by Crippen LogP contribution is -2.55. The molecule has 1 N–H and O–H groups in total. The molecule has 10 heteroatoms. The van der Waals surface area contributed by atoms with Gasteiger partial charge in [0.1, 0.15) is 0 Å². The molecule has 172 valence electrons. The fraction of sp³-hybridized carbons (Fsp3) is 0.762. The Kier molecular flexibility index (Phi) is 7.98. The summed E-state index contributed by atoms with van der Waals surface area (Å²) < 4.78 is 5.34. The molecule has 0 spiro atoms. The topological polar surface area (TPSA) is 76.5 Å². The molecule has 4 heterocycles. The van der Waals surface area contributed by atoms with Gasteiger partial charge in [0.05, 0.1) is 25.5 Å². The van der Waals surface area contributed by atoms with E-state index in [-0.39, 0.29) is 5.91 Å². The number of carbonyl (C=O) groups excluding carboxylic acids is 1. The molecule has 4 rings (SSSR count). The number of morpholine rings is 1. The number of ether oxygens (including phenoxy) is 1. The molecular formula is C21H35N7O2S. The summed E-state index contributed by atoms with van der Waals surface area (Å²) in [5.74, 6) is 1.16. The van der Waals surface area contributed by atoms with Crippen molar-refractivity contribution in [2.45, 2.75) is 19.3 Å². The van der Waals surface area contributed by atoms with E-state index < -0.39 is 0 Å². The van der Waals surface area contributed by atoms with Crippen LogP contribution in [0.15, 0.2) is 10.4 Å². The van der Waals surface area contributed by atoms with Gasteiger partial charge in [0.2, 0.25) is 5.91 Å². The zero-order chi connectivity index (χ0) is 21.5. The fourth-order valence-electron chi connectivity index (χ4n) is 4.32. The summed E-state index contributed by atoms with van der Waals surface area (Å²) >= 11 is 1.76. The molecule has 0 radical (unpaired) electrons. The third kappa shape index (κ3) is 6.08. The third-order valence-electron chi connectivity index (χ3n) is 6.19. The number of amides is 1. The Balaban J connectivity index is 1.17. The maximum absolute atomic E-state index is 12.5. The minimum Gasteiger partial charge on any atom is -0.378 e. The summed E-state index contributed by atoms with van der Waals surface area (Å²) in [6.45, 7) is 9.87. The average Bonchev–Trinajstić information content (AvgIpc) is 3.50. The summed E-state index contributed by atoms with van der Waals surface area (Å²) in [6.07, 6.45) is 3.46. The predicted molar refractivity (Wildman–Crippen MR) is 124 cm³/mol. The first kappa shape index (κ1) is 22.3. The molecule has 3 saturated heterocycles. The van der Waals surface area contributed by atoms with E-state index >= 15 is 0 Å². The molecule has 0 aliphatic carbocycles. The lowest BCUT2D eigenvalue weighted by molar-refractivity contribution is -0.136. The van der Waals surface area contributed by atoms with Gasteiger partial charge in [0, 0.05) is 77.8 Å². The third-order valence-corrected chi connectivity index (χ3v) is 7.14. The first-order valence-electron chi connectivity index (χ1n) is 11.5. The monoisotopic (exact) mass is 449 g/mol. The van der Waals surface area contributed by atoms with Crippen molar-refractivity contribution in [2.75, 3.05) is 90.6 Å². The summed E-state index contributed by atoms with van der Waals surface area (Å²) in [5.41, 5.74) is 1.15. The van der Waals surface area contributed by atoms with Crippen LogP contribution in [0, 0.1) is 0 Å². The van der Waals surface area contributed by atoms with Crippen LogP contribution in [0.1, 0.15) is 18.5 Å². The molecule has 0 saturated carbocycles. The van der Waals surface area contributed by atoms with Gasteiger partial charge in [-0.1, -0.05) is 0 Å². The van der Waals surface area contributed by atoms with Crippen LogP contribution in [-0.2, 0) is 16.0 Å². The van der Waals surface area contributed by atoms with Crippen molar-refractivity contribution < 1.29 is 9.53 Å². The zero-order valence-corrected chi connectivity index (χ0v) is 19.4. The van der Waals surface area contributed by atoms with Crippen LogP contribution in [-0.4, -0.2) is 117 Å². The molecule has 0 unspecified atom stereocenters. The summed E-state index contributed by atoms with van der Waals surface area (Å²) in [4.78, 5) is 30.6. The van der Waals surface area contributed by atoms with Crippen molar-refractivity contribution in [1.29, 1.82) is 0 Å². The molecule has 0 aromatic carbocycles. The molecule has 3 aliphatic rings. The largest absolute Gasteiger partial charge is 0.378 e. The maximum Gasteiger partial charge on any atom is 0.236 e. The Labute approximate surface area is 189 Å². The van der Waals surface area contributed by atoms with Crippen LogP contribution >= 0.6 is 11.3 Å². The van der Waals surface area contributed by atoms with Crippen LogP contribution in [0.3, 0.4) is 0 Å². The Morgan fingerprint density at radius 3 is 2.55 bits per heavy atom. The van der Waals surface area contributed by atoms with E-state index in [1.165, 1.54) is 18.0 Å². The summed E-state index contributed by atoms with van der Waals surface area (Å²) in [5, 5.41) is 6.84. The van der Waals surface area contributed by atoms with Crippen molar-refractivity contribution >= 4 is 28.3 Å². The van der Waals surface area contributed by atoms with Crippen LogP contribution in [0.5, 0.6) is 0 Å². The number of thiazole rings is 1. The second-order valence-electron chi connectivity index (χ2n) is 8.30. The number of guanidine groups is 1. The molecule has 1 amide bonds. The predicted octanol–water partition coefficient (Wildman–Crippen LogP) is 0.338. The van der Waals surface area contributed by atoms with E-state index in [1.807, 2.05) is 11.9 Å². The van der Waals surface area contributed by atoms with Crippen LogP contribution in [0.25, 0.3) is 0 Å². The SMILES string of the molecule is CN=C(NCCc1csc(N2CCCC2)n1)N1CCN(CC(=O)N2CCOCC2)CC1. The summed E-state index contributed by atoms with van der Waals surface area (Å²) in [6, 6.07) is 0. The van der Waals surface area contributed by atoms with Gasteiger partial charge in [-0.25, -0.2) is 4.98 Å². The minimum absolute atomic E-state index is 0.218. The standard InChI is InChI=1S/C21H35N7O2S/c1-22-20(23-5-4-18-17-31-21(24-18)28-6-2-3-7-28)27-10-8-25(9-11-27)16-19(29)26-12-14-30-15-13-26/h17H,2-16H2,1H3,(H,22,23). The first-order valence-corrected chi connectivity index (χ1v) is 12.3. The minimum atomic E-state index is 0.218. The van der Waals surface area contributed by atoms with Crippen LogP contribution in [0.2, 0.25) is 0 Å². The smallest absolute Gasteiger partial charge is 0.236 e. The van der Waals surface area contributed by atoms with Gasteiger partial charge in [0.15, 0.2) is 11.1 Å². The number of carbonyl (C=O) groups is 1. The Bertz CT molecular complexity index is 736. The quantitative estimate of drug-likeness (QED) is 0.496. The van der Waals surface area contributed by atoms with Gasteiger partial charge in [-0.05, 0) is 12.8 Å². The van der Waals surface area contributed by atoms with Crippen molar-refractivity contribution in [3.05, 3.63) is 11.1 Å². The number of aromatic nitrogens is 1. The first-order chi connectivity index (χ1) is 15.2. The Hall–Kier alpha value is -1.91. The zero-order valence-electron chi connectivity index (χ0n) is 18.6. The normalized spacial score (nSPS) is 21.1. The van der Waals surface area contributed by atoms with Crippen molar-refractivity contribution in [1.82, 2.24) is 25.0 Å². The molecule has 3 aliphatic heterocycles. The Morgan fingerprint density at radius 2 is 1.84 bits per heavy atom. The molecule has 1 aromatic rings. The van der Waals surface area contributed by atoms with E-state index in [0.29, 0.717) is 32.8 Å². The van der Waals surface area contributed by atoms with Gasteiger partial charge in [-0.2, -0.15) is 0 Å². The van der Waals surface area contributed by atoms with E-state index in [2.05, 4.69) is 30.4 Å². The van der Waals surface area contributed by atoms with Crippen LogP contribution < -0.4 is 10.2 Å². The Morgan fingerprint density at radius 1 is 1.10 bits per heavy atom. The molecule has 31 heavy (non-hydrogen) atoms. The molecule has 1 aromatic heterocycles. The van der Waals surface area contributed by atoms with Crippen molar-refractivity contribution in [3.8, 4) is 0 Å². The average molecular weight is 450 g/mol. The number of anilines is 1. The number of rotatable bonds is 6. The number of hydrogen-bond donors (Lipinski definition) is 1. The molecule has 0 bridgehead atoms. The van der Waals surface area contributed by atoms with Gasteiger partial charge >= 0.3 is 0 Å². The maximum atomic E-state index is 12.5. The lowest BCUT2D eigenvalue weighted by Gasteiger charge is -2.37. The van der Waals surface area contributed by atoms with E-state index in [4.69, 9.17) is 9.72 Å². The summed E-state index contributed by atoms with van der Waals surface area (Å²) in [7, 11) is 1.84. The molecule has 0 atom stereocenters. The number of piperazine rings is 1. The fourth-order valence-corrected chi connectivity index (χ4v) is 5.23. The highest BCUT2D eigenvalue weighted by molar-refractivity contribution is 7.13. The molecular weight excluding hydrogens is 414 g/mol. The van der Waals surface area contributed by atoms with Gasteiger partial charge in [-0.15, -0.1) is 11.3 Å². The second-order valence-corrected chi connectivity index (χ2v) is 9.13. The molecule has 9 nitrogen and oxygen atoms in total.